The molecule has 1 aliphatic rings. The first-order valence-electron chi connectivity index (χ1n) is 11.4. The predicted octanol–water partition coefficient (Wildman–Crippen LogP) is 0.355. The van der Waals surface area contributed by atoms with Crippen LogP contribution >= 0.6 is 0 Å². The number of hydrogen-bond acceptors (Lipinski definition) is 9. The third-order valence-electron chi connectivity index (χ3n) is 5.91. The van der Waals surface area contributed by atoms with Gasteiger partial charge in [0.25, 0.3) is 11.8 Å². The van der Waals surface area contributed by atoms with Gasteiger partial charge in [0.2, 0.25) is 5.91 Å². The molecule has 3 N–H and O–H groups in total. The highest BCUT2D eigenvalue weighted by molar-refractivity contribution is 6.05. The number of rotatable bonds is 10. The zero-order chi connectivity index (χ0) is 28.2. The highest BCUT2D eigenvalue weighted by Crippen LogP contribution is 2.31. The average Bonchev–Trinajstić information content (AvgIpc) is 3.51. The molecular formula is C24H29N5O9. The van der Waals surface area contributed by atoms with Gasteiger partial charge in [-0.3, -0.25) is 19.3 Å². The van der Waals surface area contributed by atoms with Gasteiger partial charge in [0, 0.05) is 45.5 Å². The molecule has 1 atom stereocenters. The summed E-state index contributed by atoms with van der Waals surface area (Å²) >= 11 is 0. The van der Waals surface area contributed by atoms with Crippen LogP contribution < -0.4 is 10.6 Å². The van der Waals surface area contributed by atoms with Crippen LogP contribution in [0.1, 0.15) is 33.8 Å². The number of carbonyl (C=O) groups is 5. The van der Waals surface area contributed by atoms with E-state index in [0.717, 1.165) is 18.1 Å². The molecule has 0 aliphatic carbocycles. The summed E-state index contributed by atoms with van der Waals surface area (Å²) in [5.41, 5.74) is -1.16. The Kier molecular flexibility index (Phi) is 8.26. The van der Waals surface area contributed by atoms with Crippen LogP contribution in [-0.4, -0.2) is 82.4 Å². The molecule has 14 heteroatoms. The van der Waals surface area contributed by atoms with E-state index < -0.39 is 35.4 Å². The molecule has 2 aromatic rings. The summed E-state index contributed by atoms with van der Waals surface area (Å²) in [6, 6.07) is 2.96. The Hall–Kier alpha value is -4.59. The molecule has 3 rings (SSSR count). The maximum atomic E-state index is 12.8. The lowest BCUT2D eigenvalue weighted by Crippen LogP contribution is -2.55. The van der Waals surface area contributed by atoms with E-state index >= 15 is 0 Å². The Balaban J connectivity index is 1.58. The minimum absolute atomic E-state index is 0.0555. The zero-order valence-electron chi connectivity index (χ0n) is 21.6. The number of esters is 2. The molecule has 14 nitrogen and oxygen atoms in total. The summed E-state index contributed by atoms with van der Waals surface area (Å²) < 4.78 is 17.3. The normalized spacial score (nSPS) is 16.6. The summed E-state index contributed by atoms with van der Waals surface area (Å²) in [6.45, 7) is -0.131. The topological polar surface area (TPSA) is 170 Å². The first-order valence-corrected chi connectivity index (χ1v) is 11.4. The summed E-state index contributed by atoms with van der Waals surface area (Å²) in [6.07, 6.45) is 4.15. The summed E-state index contributed by atoms with van der Waals surface area (Å²) in [4.78, 5) is 62.3. The number of aromatic nitrogens is 2. The molecule has 0 fully saturated rings. The second kappa shape index (κ2) is 11.2. The van der Waals surface area contributed by atoms with Crippen molar-refractivity contribution in [3.8, 4) is 0 Å². The highest BCUT2D eigenvalue weighted by Gasteiger charge is 2.54. The van der Waals surface area contributed by atoms with Gasteiger partial charge in [-0.1, -0.05) is 0 Å². The van der Waals surface area contributed by atoms with Gasteiger partial charge in [-0.25, -0.2) is 9.59 Å². The van der Waals surface area contributed by atoms with Crippen LogP contribution in [0.15, 0.2) is 36.4 Å². The monoisotopic (exact) mass is 531 g/mol. The molecule has 0 bridgehead atoms. The van der Waals surface area contributed by atoms with E-state index in [9.17, 15) is 29.1 Å². The number of hydrogen-bond donors (Lipinski definition) is 3. The summed E-state index contributed by atoms with van der Waals surface area (Å²) in [5, 5.41) is 16.1. The van der Waals surface area contributed by atoms with Crippen LogP contribution in [0.2, 0.25) is 0 Å². The van der Waals surface area contributed by atoms with Crippen LogP contribution in [0, 0.1) is 0 Å². The van der Waals surface area contributed by atoms with Crippen molar-refractivity contribution in [3.63, 3.8) is 0 Å². The molecule has 204 valence electrons. The molecule has 0 saturated carbocycles. The smallest absolute Gasteiger partial charge is 0.368 e. The van der Waals surface area contributed by atoms with Crippen LogP contribution in [0.3, 0.4) is 0 Å². The average molecular weight is 532 g/mol. The first kappa shape index (κ1) is 28.0. The SMILES string of the molecule is COC(=O)c1cc(NC(=O)c2cc(NC(=O)CCCN3C(=O)C=C(OC)C3(O)C(=O)OC)cn2C)cn1C. The number of aliphatic hydroxyl groups is 1. The lowest BCUT2D eigenvalue weighted by molar-refractivity contribution is -0.184. The maximum Gasteiger partial charge on any atom is 0.368 e. The molecule has 3 amide bonds. The lowest BCUT2D eigenvalue weighted by Gasteiger charge is -2.32. The van der Waals surface area contributed by atoms with E-state index in [4.69, 9.17) is 9.47 Å². The molecule has 0 aromatic carbocycles. The molecule has 0 saturated heterocycles. The Morgan fingerprint density at radius 2 is 1.55 bits per heavy atom. The molecule has 3 heterocycles. The van der Waals surface area contributed by atoms with Gasteiger partial charge >= 0.3 is 17.7 Å². The Bertz CT molecular complexity index is 1310. The lowest BCUT2D eigenvalue weighted by atomic mass is 10.1. The van der Waals surface area contributed by atoms with Crippen molar-refractivity contribution in [1.82, 2.24) is 14.0 Å². The fraction of sp³-hybridized carbons (Fsp3) is 0.375. The number of nitrogens with zero attached hydrogens (tertiary/aromatic N) is 3. The van der Waals surface area contributed by atoms with Crippen molar-refractivity contribution in [3.05, 3.63) is 47.7 Å². The van der Waals surface area contributed by atoms with Crippen LogP contribution in [0.25, 0.3) is 0 Å². The van der Waals surface area contributed by atoms with Gasteiger partial charge < -0.3 is 39.1 Å². The molecule has 0 radical (unpaired) electrons. The summed E-state index contributed by atoms with van der Waals surface area (Å²) in [7, 11) is 6.80. The predicted molar refractivity (Wildman–Crippen MR) is 132 cm³/mol. The standard InChI is InChI=1S/C24H29N5O9/c1-27-12-14(9-16(27)21(32)26-15-10-17(22(33)37-4)28(2)13-15)25-19(30)7-6-8-29-20(31)11-18(36-3)24(29,35)23(34)38-5/h9-13,35H,6-8H2,1-5H3,(H,25,30)(H,26,32). The van der Waals surface area contributed by atoms with Gasteiger partial charge in [-0.2, -0.15) is 0 Å². The molecule has 38 heavy (non-hydrogen) atoms. The third-order valence-corrected chi connectivity index (χ3v) is 5.91. The number of carbonyl (C=O) groups excluding carboxylic acids is 5. The van der Waals surface area contributed by atoms with E-state index in [1.807, 2.05) is 0 Å². The van der Waals surface area contributed by atoms with Gasteiger partial charge in [-0.15, -0.1) is 0 Å². The van der Waals surface area contributed by atoms with E-state index in [0.29, 0.717) is 11.4 Å². The van der Waals surface area contributed by atoms with Crippen LogP contribution in [-0.2, 0) is 42.7 Å². The van der Waals surface area contributed by atoms with E-state index in [-0.39, 0.29) is 36.5 Å². The molecule has 2 aromatic heterocycles. The van der Waals surface area contributed by atoms with E-state index in [1.165, 1.54) is 35.5 Å². The minimum Gasteiger partial charge on any atom is -0.495 e. The summed E-state index contributed by atoms with van der Waals surface area (Å²) in [5.74, 6) is -3.45. The fourth-order valence-electron chi connectivity index (χ4n) is 4.02. The second-order valence-corrected chi connectivity index (χ2v) is 8.41. The molecule has 1 unspecified atom stereocenters. The van der Waals surface area contributed by atoms with E-state index in [2.05, 4.69) is 15.4 Å². The quantitative estimate of drug-likeness (QED) is 0.366. The van der Waals surface area contributed by atoms with Crippen molar-refractivity contribution in [2.45, 2.75) is 18.6 Å². The Morgan fingerprint density at radius 3 is 2.16 bits per heavy atom. The number of amides is 3. The van der Waals surface area contributed by atoms with Crippen molar-refractivity contribution in [1.29, 1.82) is 0 Å². The molecule has 0 spiro atoms. The highest BCUT2D eigenvalue weighted by atomic mass is 16.6. The first-order chi connectivity index (χ1) is 18.0. The van der Waals surface area contributed by atoms with E-state index in [1.54, 1.807) is 26.5 Å². The molecular weight excluding hydrogens is 502 g/mol. The Morgan fingerprint density at radius 1 is 0.947 bits per heavy atom. The largest absolute Gasteiger partial charge is 0.495 e. The zero-order valence-corrected chi connectivity index (χ0v) is 21.6. The van der Waals surface area contributed by atoms with Gasteiger partial charge in [0.15, 0.2) is 5.76 Å². The van der Waals surface area contributed by atoms with Crippen molar-refractivity contribution < 1.29 is 43.3 Å². The van der Waals surface area contributed by atoms with Gasteiger partial charge in [0.05, 0.1) is 32.7 Å². The number of ether oxygens (including phenoxy) is 3. The van der Waals surface area contributed by atoms with Crippen molar-refractivity contribution in [2.24, 2.45) is 14.1 Å². The van der Waals surface area contributed by atoms with Crippen LogP contribution in [0.5, 0.6) is 0 Å². The van der Waals surface area contributed by atoms with Crippen molar-refractivity contribution >= 4 is 41.0 Å². The van der Waals surface area contributed by atoms with Gasteiger partial charge in [-0.05, 0) is 18.6 Å². The third kappa shape index (κ3) is 5.39. The second-order valence-electron chi connectivity index (χ2n) is 8.41. The number of nitrogens with one attached hydrogen (secondary N) is 2. The maximum absolute atomic E-state index is 12.8. The Labute approximate surface area is 217 Å². The minimum atomic E-state index is -2.41. The van der Waals surface area contributed by atoms with Crippen LogP contribution in [0.4, 0.5) is 11.4 Å². The van der Waals surface area contributed by atoms with Gasteiger partial charge in [0.1, 0.15) is 11.4 Å². The number of methoxy groups -OCH3 is 3. The fourth-order valence-corrected chi connectivity index (χ4v) is 4.02. The van der Waals surface area contributed by atoms with Crippen molar-refractivity contribution in [2.75, 3.05) is 38.5 Å². The molecule has 1 aliphatic heterocycles. The number of anilines is 2. The number of aryl methyl sites for hydroxylation is 2.